The van der Waals surface area contributed by atoms with Crippen molar-refractivity contribution in [2.75, 3.05) is 26.0 Å². The fraction of sp³-hybridized carbons (Fsp3) is 0.350. The lowest BCUT2D eigenvalue weighted by Gasteiger charge is -2.16. The van der Waals surface area contributed by atoms with Crippen LogP contribution in [0.2, 0.25) is 0 Å². The van der Waals surface area contributed by atoms with Gasteiger partial charge in [-0.2, -0.15) is 8.78 Å². The molecule has 8 heteroatoms. The van der Waals surface area contributed by atoms with Crippen LogP contribution >= 0.6 is 24.0 Å². The summed E-state index contributed by atoms with van der Waals surface area (Å²) in [7, 11) is 5.66. The predicted molar refractivity (Wildman–Crippen MR) is 121 cm³/mol. The number of rotatable bonds is 7. The van der Waals surface area contributed by atoms with Crippen molar-refractivity contribution in [2.24, 2.45) is 4.99 Å². The van der Waals surface area contributed by atoms with Crippen molar-refractivity contribution < 1.29 is 13.5 Å². The highest BCUT2D eigenvalue weighted by molar-refractivity contribution is 14.0. The molecule has 0 saturated carbocycles. The van der Waals surface area contributed by atoms with Gasteiger partial charge in [0.25, 0.3) is 0 Å². The lowest BCUT2D eigenvalue weighted by atomic mass is 10.1. The first-order valence-corrected chi connectivity index (χ1v) is 8.64. The van der Waals surface area contributed by atoms with Crippen molar-refractivity contribution >= 4 is 35.6 Å². The summed E-state index contributed by atoms with van der Waals surface area (Å²) in [4.78, 5) is 6.21. The number of hydrogen-bond donors (Lipinski definition) is 2. The number of halogens is 3. The van der Waals surface area contributed by atoms with Crippen LogP contribution in [0, 0.1) is 6.92 Å². The Morgan fingerprint density at radius 2 is 1.71 bits per heavy atom. The Kier molecular flexibility index (Phi) is 9.98. The number of aryl methyl sites for hydroxylation is 1. The molecule has 28 heavy (non-hydrogen) atoms. The van der Waals surface area contributed by atoms with Crippen LogP contribution < -0.4 is 20.3 Å². The smallest absolute Gasteiger partial charge is 0.387 e. The van der Waals surface area contributed by atoms with E-state index in [2.05, 4.69) is 20.4 Å². The van der Waals surface area contributed by atoms with E-state index in [-0.39, 0.29) is 29.7 Å². The second kappa shape index (κ2) is 11.7. The highest BCUT2D eigenvalue weighted by Crippen LogP contribution is 2.22. The normalized spacial score (nSPS) is 11.0. The van der Waals surface area contributed by atoms with E-state index in [4.69, 9.17) is 0 Å². The molecule has 0 saturated heterocycles. The molecule has 2 aromatic rings. The average Bonchev–Trinajstić information content (AvgIpc) is 2.64. The van der Waals surface area contributed by atoms with Gasteiger partial charge >= 0.3 is 6.61 Å². The molecular formula is C20H27F2IN4O. The Labute approximate surface area is 182 Å². The number of alkyl halides is 2. The standard InChI is InChI=1S/C20H26F2N4O.HI/c1-14-5-10-18(27-19(21)22)16(11-14)13-25-20(23-2)24-12-15-6-8-17(9-7-15)26(3)4;/h5-11,19H,12-13H2,1-4H3,(H2,23,24,25);1H. The lowest BCUT2D eigenvalue weighted by Crippen LogP contribution is -2.36. The summed E-state index contributed by atoms with van der Waals surface area (Å²) < 4.78 is 29.7. The average molecular weight is 504 g/mol. The number of aliphatic imine (C=N–C) groups is 1. The zero-order valence-corrected chi connectivity index (χ0v) is 18.8. The first-order valence-electron chi connectivity index (χ1n) is 8.64. The zero-order valence-electron chi connectivity index (χ0n) is 16.5. The maximum absolute atomic E-state index is 12.6. The summed E-state index contributed by atoms with van der Waals surface area (Å²) in [5.74, 6) is 0.744. The zero-order chi connectivity index (χ0) is 19.8. The van der Waals surface area contributed by atoms with Crippen molar-refractivity contribution in [3.63, 3.8) is 0 Å². The second-order valence-electron chi connectivity index (χ2n) is 6.33. The number of nitrogens with one attached hydrogen (secondary N) is 2. The van der Waals surface area contributed by atoms with Gasteiger partial charge in [-0.3, -0.25) is 4.99 Å². The monoisotopic (exact) mass is 504 g/mol. The molecule has 0 radical (unpaired) electrons. The minimum atomic E-state index is -2.85. The highest BCUT2D eigenvalue weighted by Gasteiger charge is 2.10. The van der Waals surface area contributed by atoms with Gasteiger partial charge in [-0.15, -0.1) is 24.0 Å². The van der Waals surface area contributed by atoms with E-state index in [1.807, 2.05) is 56.3 Å². The molecule has 0 aliphatic heterocycles. The van der Waals surface area contributed by atoms with Crippen LogP contribution in [0.4, 0.5) is 14.5 Å². The van der Waals surface area contributed by atoms with E-state index < -0.39 is 6.61 Å². The van der Waals surface area contributed by atoms with Gasteiger partial charge in [-0.05, 0) is 30.7 Å². The summed E-state index contributed by atoms with van der Waals surface area (Å²) in [6.07, 6.45) is 0. The van der Waals surface area contributed by atoms with Crippen LogP contribution in [0.5, 0.6) is 5.75 Å². The summed E-state index contributed by atoms with van der Waals surface area (Å²) in [5, 5.41) is 6.35. The van der Waals surface area contributed by atoms with Gasteiger partial charge in [0.05, 0.1) is 0 Å². The summed E-state index contributed by atoms with van der Waals surface area (Å²) in [6.45, 7) is -0.0287. The molecule has 0 aromatic heterocycles. The first-order chi connectivity index (χ1) is 12.9. The van der Waals surface area contributed by atoms with Gasteiger partial charge in [0.1, 0.15) is 5.75 Å². The van der Waals surface area contributed by atoms with Gasteiger partial charge < -0.3 is 20.3 Å². The summed E-state index contributed by atoms with van der Waals surface area (Å²) >= 11 is 0. The second-order valence-corrected chi connectivity index (χ2v) is 6.33. The molecule has 0 aliphatic carbocycles. The predicted octanol–water partition coefficient (Wildman–Crippen LogP) is 4.15. The van der Waals surface area contributed by atoms with Gasteiger partial charge in [0.2, 0.25) is 0 Å². The van der Waals surface area contributed by atoms with Crippen LogP contribution in [-0.4, -0.2) is 33.7 Å². The first kappa shape index (κ1) is 23.9. The van der Waals surface area contributed by atoms with Gasteiger partial charge in [-0.1, -0.05) is 29.8 Å². The van der Waals surface area contributed by atoms with Crippen molar-refractivity contribution in [1.82, 2.24) is 10.6 Å². The van der Waals surface area contributed by atoms with Crippen molar-refractivity contribution in [1.29, 1.82) is 0 Å². The Morgan fingerprint density at radius 3 is 2.29 bits per heavy atom. The third-order valence-electron chi connectivity index (χ3n) is 4.01. The van der Waals surface area contributed by atoms with E-state index in [9.17, 15) is 8.78 Å². The van der Waals surface area contributed by atoms with Crippen molar-refractivity contribution in [3.8, 4) is 5.75 Å². The Balaban J connectivity index is 0.00000392. The highest BCUT2D eigenvalue weighted by atomic mass is 127. The van der Waals surface area contributed by atoms with Crippen LogP contribution in [0.3, 0.4) is 0 Å². The minimum absolute atomic E-state index is 0. The van der Waals surface area contributed by atoms with Gasteiger partial charge in [0.15, 0.2) is 5.96 Å². The number of benzene rings is 2. The van der Waals surface area contributed by atoms with Gasteiger partial charge in [0, 0.05) is 45.5 Å². The number of anilines is 1. The fourth-order valence-electron chi connectivity index (χ4n) is 2.55. The minimum Gasteiger partial charge on any atom is -0.434 e. The summed E-state index contributed by atoms with van der Waals surface area (Å²) in [5.41, 5.74) is 3.86. The molecular weight excluding hydrogens is 477 g/mol. The molecule has 154 valence electrons. The fourth-order valence-corrected chi connectivity index (χ4v) is 2.55. The number of nitrogens with zero attached hydrogens (tertiary/aromatic N) is 2. The van der Waals surface area contributed by atoms with E-state index in [0.29, 0.717) is 24.6 Å². The van der Waals surface area contributed by atoms with Crippen molar-refractivity contribution in [2.45, 2.75) is 26.6 Å². The molecule has 5 nitrogen and oxygen atoms in total. The largest absolute Gasteiger partial charge is 0.434 e. The van der Waals surface area contributed by atoms with Crippen LogP contribution in [0.25, 0.3) is 0 Å². The molecule has 2 N–H and O–H groups in total. The van der Waals surface area contributed by atoms with E-state index in [1.54, 1.807) is 19.2 Å². The van der Waals surface area contributed by atoms with E-state index in [0.717, 1.165) is 16.8 Å². The van der Waals surface area contributed by atoms with E-state index >= 15 is 0 Å². The van der Waals surface area contributed by atoms with Gasteiger partial charge in [-0.25, -0.2) is 0 Å². The molecule has 0 atom stereocenters. The number of guanidine groups is 1. The maximum Gasteiger partial charge on any atom is 0.387 e. The molecule has 0 unspecified atom stereocenters. The lowest BCUT2D eigenvalue weighted by molar-refractivity contribution is -0.0504. The molecule has 0 fully saturated rings. The molecule has 2 aromatic carbocycles. The van der Waals surface area contributed by atoms with E-state index in [1.165, 1.54) is 0 Å². The van der Waals surface area contributed by atoms with Crippen LogP contribution in [0.1, 0.15) is 16.7 Å². The topological polar surface area (TPSA) is 48.9 Å². The quantitative estimate of drug-likeness (QED) is 0.338. The third-order valence-corrected chi connectivity index (χ3v) is 4.01. The Morgan fingerprint density at radius 1 is 1.07 bits per heavy atom. The van der Waals surface area contributed by atoms with Crippen LogP contribution in [0.15, 0.2) is 47.5 Å². The summed E-state index contributed by atoms with van der Waals surface area (Å²) in [6, 6.07) is 13.3. The SMILES string of the molecule is CN=C(NCc1ccc(N(C)C)cc1)NCc1cc(C)ccc1OC(F)F.I. The molecule has 0 bridgehead atoms. The van der Waals surface area contributed by atoms with Crippen molar-refractivity contribution in [3.05, 3.63) is 59.2 Å². The molecule has 0 spiro atoms. The Bertz CT molecular complexity index is 767. The number of ether oxygens (including phenoxy) is 1. The molecule has 0 heterocycles. The number of hydrogen-bond acceptors (Lipinski definition) is 3. The molecule has 0 amide bonds. The third kappa shape index (κ3) is 7.49. The molecule has 2 rings (SSSR count). The maximum atomic E-state index is 12.6. The Hall–Kier alpha value is -2.10. The van der Waals surface area contributed by atoms with Crippen LogP contribution in [-0.2, 0) is 13.1 Å². The molecule has 0 aliphatic rings.